The van der Waals surface area contributed by atoms with Crippen LogP contribution in [0.1, 0.15) is 33.4 Å². The zero-order valence-corrected chi connectivity index (χ0v) is 38.2. The van der Waals surface area contributed by atoms with E-state index in [0.717, 1.165) is 33.4 Å². The highest BCUT2D eigenvalue weighted by atomic mass is 16.8. The summed E-state index contributed by atoms with van der Waals surface area (Å²) in [5.74, 6) is 0. The standard InChI is InChI=1S/C55H59N3O10/c1-59-55-53(65-37-45-30-18-7-19-31-45)52(64-36-44-28-16-6-17-29-44)50(47(67-55)39-61-33-41-22-10-3-11-23-41)68-54-48(57-58-56)51(63-35-43-26-14-5-15-27-43)49(62-34-42-24-12-4-13-25-42)46(66-54)38-60-32-40-20-8-2-9-21-40/h2-31,46-55H,32-39H2,1H3/t46-,47-,48-,49+,50-,51-,52+,53-,54+,55+/m1/s1. The summed E-state index contributed by atoms with van der Waals surface area (Å²) >= 11 is 0. The van der Waals surface area contributed by atoms with Gasteiger partial charge >= 0.3 is 0 Å². The van der Waals surface area contributed by atoms with Crippen LogP contribution in [-0.2, 0) is 87.0 Å². The minimum Gasteiger partial charge on any atom is -0.374 e. The summed E-state index contributed by atoms with van der Waals surface area (Å²) in [5, 5.41) is 4.38. The zero-order chi connectivity index (χ0) is 46.6. The summed E-state index contributed by atoms with van der Waals surface area (Å²) in [6.07, 6.45) is -7.90. The molecular formula is C55H59N3O10. The van der Waals surface area contributed by atoms with Crippen LogP contribution >= 0.6 is 0 Å². The van der Waals surface area contributed by atoms with Crippen molar-refractivity contribution in [3.8, 4) is 0 Å². The molecule has 6 aromatic rings. The van der Waals surface area contributed by atoms with Crippen LogP contribution < -0.4 is 0 Å². The van der Waals surface area contributed by atoms with E-state index in [1.165, 1.54) is 0 Å². The molecule has 8 rings (SSSR count). The Balaban J connectivity index is 1.16. The van der Waals surface area contributed by atoms with Gasteiger partial charge in [0.05, 0.1) is 52.9 Å². The molecule has 10 atom stereocenters. The Labute approximate surface area is 398 Å². The molecule has 2 aliphatic heterocycles. The molecule has 0 bridgehead atoms. The quantitative estimate of drug-likeness (QED) is 0.0327. The summed E-state index contributed by atoms with van der Waals surface area (Å²) < 4.78 is 67.1. The van der Waals surface area contributed by atoms with Crippen LogP contribution in [0, 0.1) is 0 Å². The predicted octanol–water partition coefficient (Wildman–Crippen LogP) is 9.92. The fourth-order valence-corrected chi connectivity index (χ4v) is 8.40. The van der Waals surface area contributed by atoms with Crippen molar-refractivity contribution in [2.45, 2.75) is 101 Å². The Morgan fingerprint density at radius 1 is 0.412 bits per heavy atom. The molecule has 0 amide bonds. The molecule has 2 fully saturated rings. The van der Waals surface area contributed by atoms with E-state index >= 15 is 0 Å². The first-order valence-corrected chi connectivity index (χ1v) is 23.0. The van der Waals surface area contributed by atoms with Gasteiger partial charge in [-0.25, -0.2) is 0 Å². The molecule has 0 radical (unpaired) electrons. The molecule has 0 unspecified atom stereocenters. The lowest BCUT2D eigenvalue weighted by molar-refractivity contribution is -0.358. The van der Waals surface area contributed by atoms with Gasteiger partial charge in [0.25, 0.3) is 0 Å². The van der Waals surface area contributed by atoms with Gasteiger partial charge in [-0.2, -0.15) is 0 Å². The molecule has 2 heterocycles. The van der Waals surface area contributed by atoms with Crippen LogP contribution in [0.25, 0.3) is 10.4 Å². The SMILES string of the molecule is CO[C@H]1O[C@H](COCc2ccccc2)[C@@H](O[C@@H]2O[C@H](COCc3ccccc3)[C@H](OCc3ccccc3)[C@H](OCc3ccccc3)[C@H]2N=[N+]=[N-])[C@H](OCc2ccccc2)[C@H]1OCc1ccccc1. The largest absolute Gasteiger partial charge is 0.374 e. The highest BCUT2D eigenvalue weighted by Gasteiger charge is 2.54. The Kier molecular flexibility index (Phi) is 18.7. The van der Waals surface area contributed by atoms with Crippen molar-refractivity contribution in [2.24, 2.45) is 5.11 Å². The van der Waals surface area contributed by atoms with Gasteiger partial charge in [-0.05, 0) is 38.9 Å². The van der Waals surface area contributed by atoms with Gasteiger partial charge < -0.3 is 47.4 Å². The number of azide groups is 1. The lowest BCUT2D eigenvalue weighted by atomic mass is 9.95. The molecule has 2 aliphatic rings. The number of hydrogen-bond donors (Lipinski definition) is 0. The van der Waals surface area contributed by atoms with Crippen LogP contribution in [0.2, 0.25) is 0 Å². The predicted molar refractivity (Wildman–Crippen MR) is 254 cm³/mol. The second-order valence-corrected chi connectivity index (χ2v) is 16.7. The number of benzene rings is 6. The maximum Gasteiger partial charge on any atom is 0.186 e. The molecule has 0 spiro atoms. The van der Waals surface area contributed by atoms with Gasteiger partial charge in [-0.3, -0.25) is 0 Å². The third kappa shape index (κ3) is 13.9. The number of ether oxygens (including phenoxy) is 10. The van der Waals surface area contributed by atoms with Crippen molar-refractivity contribution >= 4 is 0 Å². The highest BCUT2D eigenvalue weighted by Crippen LogP contribution is 2.36. The van der Waals surface area contributed by atoms with E-state index in [1.807, 2.05) is 182 Å². The molecule has 0 saturated carbocycles. The Bertz CT molecular complexity index is 2370. The van der Waals surface area contributed by atoms with E-state index in [9.17, 15) is 5.53 Å². The molecule has 13 heteroatoms. The molecule has 68 heavy (non-hydrogen) atoms. The van der Waals surface area contributed by atoms with Crippen molar-refractivity contribution in [3.63, 3.8) is 0 Å². The maximum absolute atomic E-state index is 10.3. The number of methoxy groups -OCH3 is 1. The van der Waals surface area contributed by atoms with E-state index < -0.39 is 61.3 Å². The van der Waals surface area contributed by atoms with E-state index in [2.05, 4.69) is 10.0 Å². The van der Waals surface area contributed by atoms with Gasteiger partial charge in [-0.15, -0.1) is 0 Å². The summed E-state index contributed by atoms with van der Waals surface area (Å²) in [5.41, 5.74) is 16.1. The minimum atomic E-state index is -1.23. The van der Waals surface area contributed by atoms with Crippen LogP contribution in [0.15, 0.2) is 187 Å². The third-order valence-corrected chi connectivity index (χ3v) is 11.8. The first-order chi connectivity index (χ1) is 33.6. The fourth-order valence-electron chi connectivity index (χ4n) is 8.40. The van der Waals surface area contributed by atoms with Crippen molar-refractivity contribution in [1.29, 1.82) is 0 Å². The fraction of sp³-hybridized carbons (Fsp3) is 0.345. The van der Waals surface area contributed by atoms with E-state index in [4.69, 9.17) is 47.4 Å². The smallest absolute Gasteiger partial charge is 0.186 e. The average Bonchev–Trinajstić information content (AvgIpc) is 3.39. The Hall–Kier alpha value is -5.77. The minimum absolute atomic E-state index is 0.0787. The van der Waals surface area contributed by atoms with Crippen molar-refractivity contribution < 1.29 is 47.4 Å². The molecule has 0 aliphatic carbocycles. The first kappa shape index (κ1) is 48.7. The number of nitrogens with zero attached hydrogens (tertiary/aromatic N) is 3. The molecule has 6 aromatic carbocycles. The third-order valence-electron chi connectivity index (χ3n) is 11.8. The second-order valence-electron chi connectivity index (χ2n) is 16.7. The molecule has 2 saturated heterocycles. The Morgan fingerprint density at radius 2 is 0.750 bits per heavy atom. The van der Waals surface area contributed by atoms with Crippen molar-refractivity contribution in [1.82, 2.24) is 0 Å². The van der Waals surface area contributed by atoms with Crippen molar-refractivity contribution in [3.05, 3.63) is 226 Å². The van der Waals surface area contributed by atoms with Crippen LogP contribution in [0.5, 0.6) is 0 Å². The number of rotatable bonds is 24. The highest BCUT2D eigenvalue weighted by molar-refractivity contribution is 5.18. The first-order valence-electron chi connectivity index (χ1n) is 23.0. The van der Waals surface area contributed by atoms with Gasteiger partial charge in [0.2, 0.25) is 0 Å². The van der Waals surface area contributed by atoms with Gasteiger partial charge in [0, 0.05) is 12.0 Å². The molecule has 13 nitrogen and oxygen atoms in total. The molecule has 354 valence electrons. The van der Waals surface area contributed by atoms with Crippen LogP contribution in [-0.4, -0.2) is 81.7 Å². The van der Waals surface area contributed by atoms with Crippen LogP contribution in [0.3, 0.4) is 0 Å². The van der Waals surface area contributed by atoms with Gasteiger partial charge in [0.1, 0.15) is 48.8 Å². The molecule has 0 aromatic heterocycles. The maximum atomic E-state index is 10.3. The van der Waals surface area contributed by atoms with Gasteiger partial charge in [0.15, 0.2) is 12.6 Å². The lowest BCUT2D eigenvalue weighted by Crippen LogP contribution is -2.65. The number of hydrogen-bond acceptors (Lipinski definition) is 11. The summed E-state index contributed by atoms with van der Waals surface area (Å²) in [6, 6.07) is 58.1. The van der Waals surface area contributed by atoms with Gasteiger partial charge in [-0.1, -0.05) is 187 Å². The summed E-state index contributed by atoms with van der Waals surface area (Å²) in [6.45, 7) is 1.67. The molecular weight excluding hydrogens is 863 g/mol. The Morgan fingerprint density at radius 3 is 1.15 bits per heavy atom. The second kappa shape index (κ2) is 26.1. The summed E-state index contributed by atoms with van der Waals surface area (Å²) in [4.78, 5) is 3.35. The monoisotopic (exact) mass is 921 g/mol. The summed E-state index contributed by atoms with van der Waals surface area (Å²) in [7, 11) is 1.58. The van der Waals surface area contributed by atoms with E-state index in [1.54, 1.807) is 7.11 Å². The van der Waals surface area contributed by atoms with E-state index in [-0.39, 0.29) is 39.6 Å². The molecule has 0 N–H and O–H groups in total. The topological polar surface area (TPSA) is 141 Å². The van der Waals surface area contributed by atoms with Crippen LogP contribution in [0.4, 0.5) is 0 Å². The normalized spacial score (nSPS) is 24.8. The zero-order valence-electron chi connectivity index (χ0n) is 38.2. The average molecular weight is 922 g/mol. The van der Waals surface area contributed by atoms with Crippen molar-refractivity contribution in [2.75, 3.05) is 20.3 Å². The van der Waals surface area contributed by atoms with E-state index in [0.29, 0.717) is 13.2 Å². The lowest BCUT2D eigenvalue weighted by Gasteiger charge is -2.49.